The van der Waals surface area contributed by atoms with Crippen molar-refractivity contribution in [1.29, 1.82) is 0 Å². The van der Waals surface area contributed by atoms with Crippen LogP contribution in [0.1, 0.15) is 15.9 Å². The van der Waals surface area contributed by atoms with Crippen LogP contribution in [0, 0.1) is 0 Å². The predicted octanol–water partition coefficient (Wildman–Crippen LogP) is 4.47. The highest BCUT2D eigenvalue weighted by Gasteiger charge is 2.22. The van der Waals surface area contributed by atoms with Crippen LogP contribution in [-0.2, 0) is 0 Å². The van der Waals surface area contributed by atoms with Gasteiger partial charge >= 0.3 is 0 Å². The molecule has 0 amide bonds. The quantitative estimate of drug-likeness (QED) is 0.667. The highest BCUT2D eigenvalue weighted by Crippen LogP contribution is 2.34. The van der Waals surface area contributed by atoms with Crippen LogP contribution in [0.25, 0.3) is 0 Å². The van der Waals surface area contributed by atoms with E-state index < -0.39 is 5.78 Å². The standard InChI is InChI=1S/C14H10Cl3NO2/c1-20-11-4-2-3-10(18)13(11)14(19)12-8(16)5-7(15)6-9(12)17/h2-6H,18H2,1H3. The predicted molar refractivity (Wildman–Crippen MR) is 82.3 cm³/mol. The van der Waals surface area contributed by atoms with Gasteiger partial charge in [0.1, 0.15) is 5.75 Å². The fraction of sp³-hybridized carbons (Fsp3) is 0.0714. The molecule has 2 aromatic rings. The molecule has 6 heteroatoms. The maximum absolute atomic E-state index is 12.6. The first kappa shape index (κ1) is 15.0. The molecular weight excluding hydrogens is 321 g/mol. The smallest absolute Gasteiger partial charge is 0.201 e. The van der Waals surface area contributed by atoms with Crippen molar-refractivity contribution < 1.29 is 9.53 Å². The molecule has 0 aliphatic rings. The highest BCUT2D eigenvalue weighted by atomic mass is 35.5. The van der Waals surface area contributed by atoms with Crippen molar-refractivity contribution in [2.75, 3.05) is 12.8 Å². The summed E-state index contributed by atoms with van der Waals surface area (Å²) in [6.45, 7) is 0. The van der Waals surface area contributed by atoms with Gasteiger partial charge in [0.2, 0.25) is 5.78 Å². The largest absolute Gasteiger partial charge is 0.496 e. The molecule has 104 valence electrons. The average Bonchev–Trinajstić information content (AvgIpc) is 2.36. The van der Waals surface area contributed by atoms with Crippen LogP contribution in [0.2, 0.25) is 15.1 Å². The molecule has 2 aromatic carbocycles. The fourth-order valence-corrected chi connectivity index (χ4v) is 2.83. The molecule has 0 aromatic heterocycles. The first-order valence-corrected chi connectivity index (χ1v) is 6.70. The summed E-state index contributed by atoms with van der Waals surface area (Å²) < 4.78 is 5.16. The number of rotatable bonds is 3. The lowest BCUT2D eigenvalue weighted by molar-refractivity contribution is 0.103. The zero-order valence-corrected chi connectivity index (χ0v) is 12.7. The van der Waals surface area contributed by atoms with Gasteiger partial charge in [-0.3, -0.25) is 4.79 Å². The highest BCUT2D eigenvalue weighted by molar-refractivity contribution is 6.43. The summed E-state index contributed by atoms with van der Waals surface area (Å²) in [6, 6.07) is 7.84. The second-order valence-electron chi connectivity index (χ2n) is 4.00. The second-order valence-corrected chi connectivity index (χ2v) is 5.25. The topological polar surface area (TPSA) is 52.3 Å². The van der Waals surface area contributed by atoms with Crippen LogP contribution in [0.3, 0.4) is 0 Å². The summed E-state index contributed by atoms with van der Waals surface area (Å²) in [5.41, 5.74) is 6.51. The summed E-state index contributed by atoms with van der Waals surface area (Å²) in [7, 11) is 1.45. The summed E-state index contributed by atoms with van der Waals surface area (Å²) in [4.78, 5) is 12.6. The number of hydrogen-bond donors (Lipinski definition) is 1. The van der Waals surface area contributed by atoms with E-state index in [0.29, 0.717) is 10.8 Å². The van der Waals surface area contributed by atoms with Gasteiger partial charge in [-0.1, -0.05) is 40.9 Å². The molecule has 2 rings (SSSR count). The second kappa shape index (κ2) is 5.92. The Hall–Kier alpha value is -1.42. The van der Waals surface area contributed by atoms with Crippen molar-refractivity contribution in [3.8, 4) is 5.75 Å². The lowest BCUT2D eigenvalue weighted by atomic mass is 10.0. The lowest BCUT2D eigenvalue weighted by Crippen LogP contribution is -2.09. The number of halogens is 3. The van der Waals surface area contributed by atoms with E-state index in [1.165, 1.54) is 19.2 Å². The van der Waals surface area contributed by atoms with Crippen molar-refractivity contribution in [1.82, 2.24) is 0 Å². The number of nitrogens with two attached hydrogens (primary N) is 1. The zero-order chi connectivity index (χ0) is 14.9. The molecule has 0 saturated heterocycles. The van der Waals surface area contributed by atoms with Crippen LogP contribution < -0.4 is 10.5 Å². The maximum Gasteiger partial charge on any atom is 0.201 e. The Labute approximate surface area is 131 Å². The Morgan fingerprint density at radius 1 is 1.10 bits per heavy atom. The molecule has 0 fully saturated rings. The molecule has 0 radical (unpaired) electrons. The van der Waals surface area contributed by atoms with Gasteiger partial charge in [-0.2, -0.15) is 0 Å². The van der Waals surface area contributed by atoms with E-state index >= 15 is 0 Å². The third-order valence-electron chi connectivity index (χ3n) is 2.74. The minimum atomic E-state index is -0.411. The fourth-order valence-electron chi connectivity index (χ4n) is 1.85. The third kappa shape index (κ3) is 2.70. The molecule has 0 saturated carbocycles. The summed E-state index contributed by atoms with van der Waals surface area (Å²) in [6.07, 6.45) is 0. The van der Waals surface area contributed by atoms with Gasteiger partial charge < -0.3 is 10.5 Å². The van der Waals surface area contributed by atoms with Crippen LogP contribution in [0.15, 0.2) is 30.3 Å². The molecular formula is C14H10Cl3NO2. The number of carbonyl (C=O) groups is 1. The minimum absolute atomic E-state index is 0.147. The Kier molecular flexibility index (Phi) is 4.43. The van der Waals surface area contributed by atoms with Crippen molar-refractivity contribution in [2.24, 2.45) is 0 Å². The summed E-state index contributed by atoms with van der Waals surface area (Å²) in [5, 5.41) is 0.681. The molecule has 0 atom stereocenters. The molecule has 20 heavy (non-hydrogen) atoms. The van der Waals surface area contributed by atoms with E-state index in [-0.39, 0.29) is 26.9 Å². The molecule has 0 bridgehead atoms. The van der Waals surface area contributed by atoms with Crippen molar-refractivity contribution in [3.63, 3.8) is 0 Å². The lowest BCUT2D eigenvalue weighted by Gasteiger charge is -2.12. The molecule has 0 spiro atoms. The normalized spacial score (nSPS) is 10.4. The SMILES string of the molecule is COc1cccc(N)c1C(=O)c1c(Cl)cc(Cl)cc1Cl. The van der Waals surface area contributed by atoms with Crippen molar-refractivity contribution in [2.45, 2.75) is 0 Å². The van der Waals surface area contributed by atoms with E-state index in [2.05, 4.69) is 0 Å². The zero-order valence-electron chi connectivity index (χ0n) is 10.4. The van der Waals surface area contributed by atoms with Gasteiger partial charge in [0.05, 0.1) is 28.3 Å². The Bertz CT molecular complexity index is 663. The number of anilines is 1. The molecule has 0 aliphatic carbocycles. The molecule has 2 N–H and O–H groups in total. The first-order valence-electron chi connectivity index (χ1n) is 5.57. The number of nitrogen functional groups attached to an aromatic ring is 1. The van der Waals surface area contributed by atoms with Crippen molar-refractivity contribution >= 4 is 46.3 Å². The number of benzene rings is 2. The van der Waals surface area contributed by atoms with Crippen molar-refractivity contribution in [3.05, 3.63) is 56.5 Å². The van der Waals surface area contributed by atoms with Crippen LogP contribution in [-0.4, -0.2) is 12.9 Å². The molecule has 0 unspecified atom stereocenters. The van der Waals surface area contributed by atoms with Gasteiger partial charge in [-0.25, -0.2) is 0 Å². The average molecular weight is 331 g/mol. The number of methoxy groups -OCH3 is 1. The van der Waals surface area contributed by atoms with E-state index in [1.54, 1.807) is 18.2 Å². The van der Waals surface area contributed by atoms with Crippen LogP contribution in [0.5, 0.6) is 5.75 Å². The number of ketones is 1. The number of carbonyl (C=O) groups excluding carboxylic acids is 1. The molecule has 3 nitrogen and oxygen atoms in total. The van der Waals surface area contributed by atoms with E-state index in [4.69, 9.17) is 45.3 Å². The van der Waals surface area contributed by atoms with Crippen LogP contribution in [0.4, 0.5) is 5.69 Å². The van der Waals surface area contributed by atoms with E-state index in [9.17, 15) is 4.79 Å². The Balaban J connectivity index is 2.64. The summed E-state index contributed by atoms with van der Waals surface area (Å²) in [5.74, 6) is -0.0521. The number of ether oxygens (including phenoxy) is 1. The van der Waals surface area contributed by atoms with E-state index in [1.807, 2.05) is 0 Å². The Morgan fingerprint density at radius 2 is 1.70 bits per heavy atom. The maximum atomic E-state index is 12.6. The Morgan fingerprint density at radius 3 is 2.25 bits per heavy atom. The first-order chi connectivity index (χ1) is 9.45. The van der Waals surface area contributed by atoms with E-state index in [0.717, 1.165) is 0 Å². The van der Waals surface area contributed by atoms with Gasteiger partial charge in [0.15, 0.2) is 0 Å². The summed E-state index contributed by atoms with van der Waals surface area (Å²) >= 11 is 17.9. The monoisotopic (exact) mass is 329 g/mol. The van der Waals surface area contributed by atoms with Gasteiger partial charge in [-0.15, -0.1) is 0 Å². The molecule has 0 heterocycles. The molecule has 0 aliphatic heterocycles. The van der Waals surface area contributed by atoms with Gasteiger partial charge in [0, 0.05) is 10.7 Å². The number of hydrogen-bond acceptors (Lipinski definition) is 3. The third-order valence-corrected chi connectivity index (χ3v) is 3.55. The van der Waals surface area contributed by atoms with Gasteiger partial charge in [-0.05, 0) is 24.3 Å². The minimum Gasteiger partial charge on any atom is -0.496 e. The van der Waals surface area contributed by atoms with Crippen LogP contribution >= 0.6 is 34.8 Å². The van der Waals surface area contributed by atoms with Gasteiger partial charge in [0.25, 0.3) is 0 Å².